The zero-order chi connectivity index (χ0) is 13.0. The summed E-state index contributed by atoms with van der Waals surface area (Å²) in [4.78, 5) is 17.8. The van der Waals surface area contributed by atoms with Gasteiger partial charge in [-0.3, -0.25) is 0 Å². The molecule has 1 fully saturated rings. The van der Waals surface area contributed by atoms with E-state index in [1.54, 1.807) is 4.90 Å². The number of amides is 2. The Morgan fingerprint density at radius 3 is 3.17 bits per heavy atom. The van der Waals surface area contributed by atoms with Crippen molar-refractivity contribution in [3.63, 3.8) is 0 Å². The maximum atomic E-state index is 11.9. The third kappa shape index (κ3) is 2.88. The van der Waals surface area contributed by atoms with Crippen LogP contribution in [0.1, 0.15) is 25.1 Å². The molecule has 1 atom stereocenters. The number of hydrogen-bond acceptors (Lipinski definition) is 4. The molecule has 0 radical (unpaired) electrons. The minimum absolute atomic E-state index is 0.0813. The molecule has 2 amide bonds. The summed E-state index contributed by atoms with van der Waals surface area (Å²) in [5.41, 5.74) is 0. The van der Waals surface area contributed by atoms with Crippen molar-refractivity contribution < 1.29 is 9.32 Å². The third-order valence-electron chi connectivity index (χ3n) is 3.06. The Labute approximate surface area is 106 Å². The summed E-state index contributed by atoms with van der Waals surface area (Å²) in [6.07, 6.45) is 3.59. The van der Waals surface area contributed by atoms with E-state index in [1.165, 1.54) is 0 Å². The van der Waals surface area contributed by atoms with Gasteiger partial charge in [-0.1, -0.05) is 18.2 Å². The van der Waals surface area contributed by atoms with E-state index in [9.17, 15) is 4.79 Å². The molecular formula is C12H18N4O2. The van der Waals surface area contributed by atoms with Gasteiger partial charge >= 0.3 is 6.03 Å². The molecule has 1 aliphatic rings. The lowest BCUT2D eigenvalue weighted by molar-refractivity contribution is 0.207. The average Bonchev–Trinajstić information content (AvgIpc) is 3.04. The van der Waals surface area contributed by atoms with Crippen molar-refractivity contribution in [3.05, 3.63) is 24.4 Å². The van der Waals surface area contributed by atoms with E-state index >= 15 is 0 Å². The highest BCUT2D eigenvalue weighted by Crippen LogP contribution is 2.16. The van der Waals surface area contributed by atoms with Crippen molar-refractivity contribution in [2.75, 3.05) is 13.1 Å². The molecule has 1 aromatic rings. The number of aryl methyl sites for hydroxylation is 1. The predicted octanol–water partition coefficient (Wildman–Crippen LogP) is 1.35. The largest absolute Gasteiger partial charge is 0.339 e. The van der Waals surface area contributed by atoms with Crippen molar-refractivity contribution in [3.8, 4) is 0 Å². The van der Waals surface area contributed by atoms with E-state index in [4.69, 9.17) is 4.52 Å². The Morgan fingerprint density at radius 1 is 1.72 bits per heavy atom. The smallest absolute Gasteiger partial charge is 0.317 e. The highest BCUT2D eigenvalue weighted by Gasteiger charge is 2.24. The molecule has 1 N–H and O–H groups in total. The van der Waals surface area contributed by atoms with Crippen LogP contribution in [0.25, 0.3) is 0 Å². The monoisotopic (exact) mass is 250 g/mol. The molecule has 0 aromatic carbocycles. The number of urea groups is 1. The van der Waals surface area contributed by atoms with Gasteiger partial charge in [0, 0.05) is 19.5 Å². The first-order valence-corrected chi connectivity index (χ1v) is 6.19. The normalized spacial score (nSPS) is 18.9. The number of carbonyl (C=O) groups is 1. The fraction of sp³-hybridized carbons (Fsp3) is 0.583. The molecular weight excluding hydrogens is 232 g/mol. The van der Waals surface area contributed by atoms with Crippen LogP contribution in [0.3, 0.4) is 0 Å². The minimum atomic E-state index is -0.0813. The van der Waals surface area contributed by atoms with Gasteiger partial charge in [-0.15, -0.1) is 6.58 Å². The van der Waals surface area contributed by atoms with Crippen molar-refractivity contribution in [1.29, 1.82) is 0 Å². The first-order valence-electron chi connectivity index (χ1n) is 6.19. The van der Waals surface area contributed by atoms with E-state index in [2.05, 4.69) is 22.0 Å². The van der Waals surface area contributed by atoms with E-state index in [0.29, 0.717) is 30.6 Å². The van der Waals surface area contributed by atoms with Gasteiger partial charge in [-0.25, -0.2) is 4.79 Å². The van der Waals surface area contributed by atoms with Crippen LogP contribution in [0.4, 0.5) is 4.79 Å². The van der Waals surface area contributed by atoms with Crippen LogP contribution in [0.5, 0.6) is 0 Å². The number of aromatic nitrogens is 2. The van der Waals surface area contributed by atoms with Gasteiger partial charge in [0.1, 0.15) is 0 Å². The Morgan fingerprint density at radius 2 is 2.56 bits per heavy atom. The summed E-state index contributed by atoms with van der Waals surface area (Å²) < 4.78 is 4.97. The lowest BCUT2D eigenvalue weighted by atomic mass is 10.1. The molecule has 0 unspecified atom stereocenters. The number of nitrogens with zero attached hydrogens (tertiary/aromatic N) is 3. The van der Waals surface area contributed by atoms with Gasteiger partial charge in [0.2, 0.25) is 5.89 Å². The summed E-state index contributed by atoms with van der Waals surface area (Å²) in [5.74, 6) is 1.51. The molecule has 18 heavy (non-hydrogen) atoms. The van der Waals surface area contributed by atoms with Crippen LogP contribution < -0.4 is 5.32 Å². The molecule has 0 bridgehead atoms. The zero-order valence-corrected chi connectivity index (χ0v) is 10.6. The highest BCUT2D eigenvalue weighted by molar-refractivity contribution is 5.74. The van der Waals surface area contributed by atoms with Gasteiger partial charge in [0.05, 0.1) is 6.54 Å². The minimum Gasteiger partial charge on any atom is -0.339 e. The van der Waals surface area contributed by atoms with Crippen molar-refractivity contribution >= 4 is 6.03 Å². The van der Waals surface area contributed by atoms with Crippen LogP contribution in [-0.2, 0) is 13.0 Å². The number of carbonyl (C=O) groups excluding carboxylic acids is 1. The summed E-state index contributed by atoms with van der Waals surface area (Å²) in [6.45, 7) is 7.51. The van der Waals surface area contributed by atoms with E-state index in [1.807, 2.05) is 13.0 Å². The SMILES string of the molecule is C=C[C@@H]1CCN(C(=O)NCc2noc(CC)n2)C1. The fourth-order valence-electron chi connectivity index (χ4n) is 1.94. The Kier molecular flexibility index (Phi) is 3.96. The Bertz CT molecular complexity index is 429. The molecule has 0 aliphatic carbocycles. The summed E-state index contributed by atoms with van der Waals surface area (Å²) in [6, 6.07) is -0.0813. The number of likely N-dealkylation sites (tertiary alicyclic amines) is 1. The quantitative estimate of drug-likeness (QED) is 0.819. The standard InChI is InChI=1S/C12H18N4O2/c1-3-9-5-6-16(8-9)12(17)13-7-10-14-11(4-2)18-15-10/h3,9H,1,4-8H2,2H3,(H,13,17)/t9-/m1/s1. The third-order valence-corrected chi connectivity index (χ3v) is 3.06. The first-order chi connectivity index (χ1) is 8.72. The summed E-state index contributed by atoms with van der Waals surface area (Å²) >= 11 is 0. The van der Waals surface area contributed by atoms with E-state index in [0.717, 1.165) is 19.5 Å². The molecule has 98 valence electrons. The van der Waals surface area contributed by atoms with Crippen LogP contribution in [0.2, 0.25) is 0 Å². The van der Waals surface area contributed by atoms with Crippen LogP contribution in [0, 0.1) is 5.92 Å². The maximum Gasteiger partial charge on any atom is 0.317 e. The van der Waals surface area contributed by atoms with Gasteiger partial charge in [0.25, 0.3) is 0 Å². The summed E-state index contributed by atoms with van der Waals surface area (Å²) in [5, 5.41) is 6.57. The Balaban J connectivity index is 1.79. The van der Waals surface area contributed by atoms with Crippen molar-refractivity contribution in [2.24, 2.45) is 5.92 Å². The second-order valence-corrected chi connectivity index (χ2v) is 4.35. The highest BCUT2D eigenvalue weighted by atomic mass is 16.5. The molecule has 6 heteroatoms. The second-order valence-electron chi connectivity index (χ2n) is 4.35. The van der Waals surface area contributed by atoms with Gasteiger partial charge in [-0.05, 0) is 12.3 Å². The molecule has 0 saturated carbocycles. The molecule has 2 heterocycles. The second kappa shape index (κ2) is 5.66. The van der Waals surface area contributed by atoms with Crippen LogP contribution in [0.15, 0.2) is 17.2 Å². The van der Waals surface area contributed by atoms with E-state index in [-0.39, 0.29) is 6.03 Å². The number of hydrogen-bond donors (Lipinski definition) is 1. The van der Waals surface area contributed by atoms with Crippen molar-refractivity contribution in [1.82, 2.24) is 20.4 Å². The molecule has 0 spiro atoms. The molecule has 1 aromatic heterocycles. The molecule has 1 saturated heterocycles. The van der Waals surface area contributed by atoms with Crippen LogP contribution >= 0.6 is 0 Å². The maximum absolute atomic E-state index is 11.9. The molecule has 2 rings (SSSR count). The zero-order valence-electron chi connectivity index (χ0n) is 10.6. The Hall–Kier alpha value is -1.85. The molecule has 1 aliphatic heterocycles. The van der Waals surface area contributed by atoms with Crippen molar-refractivity contribution in [2.45, 2.75) is 26.3 Å². The summed E-state index contributed by atoms with van der Waals surface area (Å²) in [7, 11) is 0. The van der Waals surface area contributed by atoms with Crippen LogP contribution in [-0.4, -0.2) is 34.2 Å². The first kappa shape index (κ1) is 12.6. The lowest BCUT2D eigenvalue weighted by Gasteiger charge is -2.15. The van der Waals surface area contributed by atoms with Gasteiger partial charge < -0.3 is 14.7 Å². The topological polar surface area (TPSA) is 71.3 Å². The van der Waals surface area contributed by atoms with E-state index < -0.39 is 0 Å². The fourth-order valence-corrected chi connectivity index (χ4v) is 1.94. The predicted molar refractivity (Wildman–Crippen MR) is 65.8 cm³/mol. The van der Waals surface area contributed by atoms with Gasteiger partial charge in [-0.2, -0.15) is 4.98 Å². The number of nitrogens with one attached hydrogen (secondary N) is 1. The lowest BCUT2D eigenvalue weighted by Crippen LogP contribution is -2.38. The number of rotatable bonds is 4. The van der Waals surface area contributed by atoms with Gasteiger partial charge in [0.15, 0.2) is 5.82 Å². The average molecular weight is 250 g/mol. The molecule has 6 nitrogen and oxygen atoms in total.